The van der Waals surface area contributed by atoms with E-state index in [0.717, 1.165) is 6.08 Å². The lowest BCUT2D eigenvalue weighted by Gasteiger charge is -2.23. The zero-order valence-electron chi connectivity index (χ0n) is 20.2. The normalized spacial score (nSPS) is 20.2. The van der Waals surface area contributed by atoms with Crippen LogP contribution in [0.5, 0.6) is 5.75 Å². The number of hydrogen-bond donors (Lipinski definition) is 0. The molecule has 1 aromatic rings. The summed E-state index contributed by atoms with van der Waals surface area (Å²) in [6.45, 7) is 7.14. The molecule has 1 saturated heterocycles. The smallest absolute Gasteiger partial charge is 0.494 e. The van der Waals surface area contributed by atoms with Gasteiger partial charge in [-0.25, -0.2) is 0 Å². The van der Waals surface area contributed by atoms with Crippen molar-refractivity contribution in [1.29, 1.82) is 0 Å². The van der Waals surface area contributed by atoms with E-state index in [1.807, 2.05) is 20.8 Å². The van der Waals surface area contributed by atoms with Crippen LogP contribution in [0.15, 0.2) is 47.1 Å². The predicted molar refractivity (Wildman–Crippen MR) is 124 cm³/mol. The van der Waals surface area contributed by atoms with Gasteiger partial charge in [-0.05, 0) is 56.5 Å². The summed E-state index contributed by atoms with van der Waals surface area (Å²) in [6.07, 6.45) is -2.54. The maximum absolute atomic E-state index is 13.4. The molecule has 1 unspecified atom stereocenters. The van der Waals surface area contributed by atoms with Gasteiger partial charge in [-0.3, -0.25) is 14.5 Å². The summed E-state index contributed by atoms with van der Waals surface area (Å²) in [5, 5.41) is 0. The Morgan fingerprint density at radius 1 is 1.15 bits per heavy atom. The molecule has 34 heavy (non-hydrogen) atoms. The Balaban J connectivity index is 0.00000199. The number of ether oxygens (including phenoxy) is 1. The van der Waals surface area contributed by atoms with Crippen molar-refractivity contribution < 1.29 is 36.8 Å². The minimum Gasteiger partial charge on any atom is -0.494 e. The fourth-order valence-electron chi connectivity index (χ4n) is 4.03. The third-order valence-corrected chi connectivity index (χ3v) is 5.44. The van der Waals surface area contributed by atoms with Crippen LogP contribution in [0.4, 0.5) is 13.2 Å². The van der Waals surface area contributed by atoms with Crippen LogP contribution in [0.25, 0.3) is 0 Å². The molecule has 1 aliphatic heterocycles. The van der Waals surface area contributed by atoms with E-state index < -0.39 is 36.9 Å². The third-order valence-electron chi connectivity index (χ3n) is 5.44. The summed E-state index contributed by atoms with van der Waals surface area (Å²) in [5.74, 6) is -0.583. The summed E-state index contributed by atoms with van der Waals surface area (Å²) in [6, 6.07) is 6.44. The van der Waals surface area contributed by atoms with Gasteiger partial charge in [-0.2, -0.15) is 13.2 Å². The molecule has 0 spiro atoms. The highest BCUT2D eigenvalue weighted by molar-refractivity contribution is 6.64. The molecule has 1 aromatic carbocycles. The van der Waals surface area contributed by atoms with Crippen LogP contribution in [0.2, 0.25) is 0 Å². The van der Waals surface area contributed by atoms with E-state index in [4.69, 9.17) is 14.0 Å². The Labute approximate surface area is 198 Å². The van der Waals surface area contributed by atoms with Gasteiger partial charge >= 0.3 is 25.2 Å². The summed E-state index contributed by atoms with van der Waals surface area (Å²) < 4.78 is 56.5. The van der Waals surface area contributed by atoms with Gasteiger partial charge < -0.3 is 14.0 Å². The third kappa shape index (κ3) is 6.88. The molecule has 0 amide bonds. The first-order valence-electron chi connectivity index (χ1n) is 11.4. The quantitative estimate of drug-likeness (QED) is 0.588. The topological polar surface area (TPSA) is 65.1 Å². The van der Waals surface area contributed by atoms with Crippen LogP contribution in [-0.4, -0.2) is 56.4 Å². The molecule has 1 aliphatic carbocycles. The number of likely N-dealkylation sites (N-methyl/N-ethyl adjacent to an activating group) is 1. The molecule has 1 atom stereocenters. The molecule has 0 N–H and O–H groups in total. The van der Waals surface area contributed by atoms with Crippen LogP contribution in [0, 0.1) is 0 Å². The van der Waals surface area contributed by atoms with Crippen molar-refractivity contribution >= 4 is 24.5 Å². The van der Waals surface area contributed by atoms with E-state index in [9.17, 15) is 22.8 Å². The molecule has 6 nitrogen and oxygen atoms in total. The number of benzene rings is 1. The van der Waals surface area contributed by atoms with Gasteiger partial charge in [-0.1, -0.05) is 39.0 Å². The van der Waals surface area contributed by atoms with Crippen molar-refractivity contribution in [3.05, 3.63) is 47.1 Å². The molecule has 10 heteroatoms. The predicted octanol–water partition coefficient (Wildman–Crippen LogP) is 4.20. The monoisotopic (exact) mass is 481 g/mol. The maximum Gasteiger partial charge on any atom is 0.636 e. The Bertz CT molecular complexity index is 908. The molecular formula is C24H31BF3NO5. The second kappa shape index (κ2) is 12.1. The zero-order valence-corrected chi connectivity index (χ0v) is 20.2. The molecule has 186 valence electrons. The lowest BCUT2D eigenvalue weighted by Crippen LogP contribution is -2.47. The first-order valence-corrected chi connectivity index (χ1v) is 11.4. The minimum absolute atomic E-state index is 0.0327. The van der Waals surface area contributed by atoms with Gasteiger partial charge in [-0.15, -0.1) is 0 Å². The fourth-order valence-corrected chi connectivity index (χ4v) is 4.03. The number of nitrogens with zero attached hydrogens (tertiary/aromatic N) is 1. The Hall–Kier alpha value is -2.75. The van der Waals surface area contributed by atoms with Crippen LogP contribution >= 0.6 is 0 Å². The molecule has 0 radical (unpaired) electrons. The first kappa shape index (κ1) is 27.5. The van der Waals surface area contributed by atoms with Crippen LogP contribution in [0.1, 0.15) is 47.0 Å². The lowest BCUT2D eigenvalue weighted by molar-refractivity contribution is -0.145. The second-order valence-corrected chi connectivity index (χ2v) is 7.76. The fraction of sp³-hybridized carbons (Fsp3) is 0.500. The zero-order chi connectivity index (χ0) is 25.5. The van der Waals surface area contributed by atoms with Crippen LogP contribution in [0.3, 0.4) is 0 Å². The van der Waals surface area contributed by atoms with Crippen LogP contribution in [-0.2, 0) is 18.9 Å². The second-order valence-electron chi connectivity index (χ2n) is 7.76. The molecular weight excluding hydrogens is 450 g/mol. The summed E-state index contributed by atoms with van der Waals surface area (Å²) in [5.41, 5.74) is 0.804. The van der Waals surface area contributed by atoms with Gasteiger partial charge in [0.25, 0.3) is 0 Å². The first-order chi connectivity index (χ1) is 16.1. The van der Waals surface area contributed by atoms with E-state index in [0.29, 0.717) is 41.6 Å². The standard InChI is InChI=1S/C22H25BF3NO5.C2H6/c1-4-16-17(18(5-2)22(24,25)26)10-11-19(16)30-15-8-6-14(7-9-15)23-31-20(28)12-27(3)13-21(29)32-23;1-2/h5-9,19H,4,10-13H2,1-3H3;1-2H3/b18-5+;. The van der Waals surface area contributed by atoms with Crippen molar-refractivity contribution in [2.75, 3.05) is 20.1 Å². The average Bonchev–Trinajstić information content (AvgIpc) is 3.15. The highest BCUT2D eigenvalue weighted by Crippen LogP contribution is 2.41. The number of allylic oxidation sites excluding steroid dienone is 3. The SMILES string of the molecule is C/C=C(\C1=C(CC)C(Oc2ccc(B3OC(=O)CN(C)CC(=O)O3)cc2)CC1)C(F)(F)F.CC. The van der Waals surface area contributed by atoms with E-state index in [2.05, 4.69) is 0 Å². The van der Waals surface area contributed by atoms with Gasteiger partial charge in [0, 0.05) is 5.46 Å². The number of hydrogen-bond acceptors (Lipinski definition) is 6. The van der Waals surface area contributed by atoms with Crippen molar-refractivity contribution in [2.45, 2.75) is 59.2 Å². The van der Waals surface area contributed by atoms with Gasteiger partial charge in [0.15, 0.2) is 0 Å². The van der Waals surface area contributed by atoms with Crippen LogP contribution < -0.4 is 10.2 Å². The highest BCUT2D eigenvalue weighted by Gasteiger charge is 2.40. The van der Waals surface area contributed by atoms with E-state index in [1.165, 1.54) is 11.8 Å². The Morgan fingerprint density at radius 2 is 1.71 bits per heavy atom. The van der Waals surface area contributed by atoms with Crippen molar-refractivity contribution in [3.8, 4) is 5.75 Å². The van der Waals surface area contributed by atoms with E-state index in [1.54, 1.807) is 31.3 Å². The van der Waals surface area contributed by atoms with Crippen molar-refractivity contribution in [2.24, 2.45) is 0 Å². The largest absolute Gasteiger partial charge is 0.636 e. The molecule has 3 rings (SSSR count). The average molecular weight is 481 g/mol. The number of carbonyl (C=O) groups excluding carboxylic acids is 2. The minimum atomic E-state index is -4.40. The lowest BCUT2D eigenvalue weighted by atomic mass is 9.78. The number of rotatable bonds is 5. The molecule has 0 aromatic heterocycles. The van der Waals surface area contributed by atoms with E-state index in [-0.39, 0.29) is 13.1 Å². The highest BCUT2D eigenvalue weighted by atomic mass is 19.4. The van der Waals surface area contributed by atoms with Gasteiger partial charge in [0.2, 0.25) is 0 Å². The molecule has 0 saturated carbocycles. The number of alkyl halides is 3. The maximum atomic E-state index is 13.4. The Kier molecular flexibility index (Phi) is 9.79. The number of halogens is 3. The molecule has 1 heterocycles. The van der Waals surface area contributed by atoms with Crippen molar-refractivity contribution in [1.82, 2.24) is 4.90 Å². The van der Waals surface area contributed by atoms with E-state index >= 15 is 0 Å². The summed E-state index contributed by atoms with van der Waals surface area (Å²) >= 11 is 0. The van der Waals surface area contributed by atoms with Crippen molar-refractivity contribution in [3.63, 3.8) is 0 Å². The number of carbonyl (C=O) groups is 2. The summed E-state index contributed by atoms with van der Waals surface area (Å²) in [7, 11) is 0.446. The molecule has 2 aliphatic rings. The Morgan fingerprint density at radius 3 is 2.18 bits per heavy atom. The summed E-state index contributed by atoms with van der Waals surface area (Å²) in [4.78, 5) is 25.3. The molecule has 0 bridgehead atoms. The molecule has 1 fully saturated rings. The van der Waals surface area contributed by atoms with Gasteiger partial charge in [0.05, 0.1) is 18.7 Å². The van der Waals surface area contributed by atoms with Gasteiger partial charge in [0.1, 0.15) is 11.9 Å².